The van der Waals surface area contributed by atoms with Crippen molar-refractivity contribution in [1.29, 1.82) is 0 Å². The molecule has 0 unspecified atom stereocenters. The molecule has 108 valence electrons. The molecule has 7 heteroatoms. The second-order valence-corrected chi connectivity index (χ2v) is 5.13. The quantitative estimate of drug-likeness (QED) is 0.937. The van der Waals surface area contributed by atoms with E-state index >= 15 is 0 Å². The topological polar surface area (TPSA) is 34.1 Å². The van der Waals surface area contributed by atoms with Gasteiger partial charge in [-0.3, -0.25) is 0 Å². The second-order valence-electron chi connectivity index (χ2n) is 4.05. The Morgan fingerprint density at radius 2 is 1.90 bits per heavy atom. The van der Waals surface area contributed by atoms with Crippen LogP contribution < -0.4 is 10.1 Å². The van der Waals surface area contributed by atoms with Gasteiger partial charge in [0.05, 0.1) is 12.0 Å². The number of hydrogen-bond donors (Lipinski definition) is 1. The molecule has 0 spiro atoms. The lowest BCUT2D eigenvalue weighted by Crippen LogP contribution is -2.12. The summed E-state index contributed by atoms with van der Waals surface area (Å²) in [6, 6.07) is 6.78. The summed E-state index contributed by atoms with van der Waals surface area (Å²) >= 11 is 1.04. The van der Waals surface area contributed by atoms with Gasteiger partial charge in [-0.25, -0.2) is 4.98 Å². The van der Waals surface area contributed by atoms with Crippen molar-refractivity contribution < 1.29 is 17.9 Å². The highest BCUT2D eigenvalue weighted by Crippen LogP contribution is 2.37. The van der Waals surface area contributed by atoms with Crippen LogP contribution in [0.25, 0.3) is 10.6 Å². The van der Waals surface area contributed by atoms with Crippen molar-refractivity contribution in [3.63, 3.8) is 0 Å². The first-order chi connectivity index (χ1) is 9.45. The maximum absolute atomic E-state index is 12.9. The Balaban J connectivity index is 2.41. The molecule has 0 radical (unpaired) electrons. The van der Waals surface area contributed by atoms with Crippen LogP contribution in [-0.2, 0) is 12.7 Å². The van der Waals surface area contributed by atoms with E-state index in [1.807, 2.05) is 0 Å². The third-order valence-corrected chi connectivity index (χ3v) is 3.74. The van der Waals surface area contributed by atoms with E-state index in [1.54, 1.807) is 31.3 Å². The third-order valence-electron chi connectivity index (χ3n) is 2.64. The van der Waals surface area contributed by atoms with Gasteiger partial charge in [0.1, 0.15) is 10.8 Å². The standard InChI is InChI=1S/C13H13F3N2OS/c1-17-7-10-11(13(14,15)16)18-12(20-10)8-3-5-9(19-2)6-4-8/h3-6,17H,7H2,1-2H3. The summed E-state index contributed by atoms with van der Waals surface area (Å²) < 4.78 is 43.8. The molecule has 1 aromatic heterocycles. The third kappa shape index (κ3) is 3.10. The molecule has 0 aliphatic heterocycles. The molecule has 0 saturated carbocycles. The van der Waals surface area contributed by atoms with Crippen molar-refractivity contribution in [2.75, 3.05) is 14.2 Å². The normalized spacial score (nSPS) is 11.7. The Labute approximate surface area is 118 Å². The summed E-state index contributed by atoms with van der Waals surface area (Å²) in [5.41, 5.74) is -0.175. The molecule has 0 aliphatic carbocycles. The summed E-state index contributed by atoms with van der Waals surface area (Å²) in [7, 11) is 3.14. The number of alkyl halides is 3. The van der Waals surface area contributed by atoms with E-state index in [1.165, 1.54) is 7.11 Å². The number of rotatable bonds is 4. The molecule has 0 amide bonds. The molecule has 2 aromatic rings. The Kier molecular flexibility index (Phi) is 4.29. The lowest BCUT2D eigenvalue weighted by molar-refractivity contribution is -0.141. The van der Waals surface area contributed by atoms with E-state index in [2.05, 4.69) is 10.3 Å². The number of ether oxygens (including phenoxy) is 1. The van der Waals surface area contributed by atoms with E-state index in [9.17, 15) is 13.2 Å². The highest BCUT2D eigenvalue weighted by atomic mass is 32.1. The van der Waals surface area contributed by atoms with Gasteiger partial charge >= 0.3 is 6.18 Å². The van der Waals surface area contributed by atoms with Gasteiger partial charge in [0, 0.05) is 12.1 Å². The molecule has 0 aliphatic rings. The van der Waals surface area contributed by atoms with Crippen molar-refractivity contribution in [2.45, 2.75) is 12.7 Å². The van der Waals surface area contributed by atoms with Gasteiger partial charge in [-0.2, -0.15) is 13.2 Å². The molecular formula is C13H13F3N2OS. The Bertz CT molecular complexity index is 578. The van der Waals surface area contributed by atoms with Crippen LogP contribution in [0, 0.1) is 0 Å². The van der Waals surface area contributed by atoms with Crippen molar-refractivity contribution in [3.05, 3.63) is 34.8 Å². The molecule has 0 fully saturated rings. The van der Waals surface area contributed by atoms with Gasteiger partial charge in [-0.05, 0) is 31.3 Å². The van der Waals surface area contributed by atoms with Crippen LogP contribution in [0.2, 0.25) is 0 Å². The highest BCUT2D eigenvalue weighted by molar-refractivity contribution is 7.15. The molecule has 1 heterocycles. The fraction of sp³-hybridized carbons (Fsp3) is 0.308. The van der Waals surface area contributed by atoms with Gasteiger partial charge in [-0.15, -0.1) is 11.3 Å². The molecule has 20 heavy (non-hydrogen) atoms. The molecule has 1 N–H and O–H groups in total. The van der Waals surface area contributed by atoms with Crippen LogP contribution in [0.4, 0.5) is 13.2 Å². The van der Waals surface area contributed by atoms with Crippen molar-refractivity contribution >= 4 is 11.3 Å². The summed E-state index contributed by atoms with van der Waals surface area (Å²) in [5.74, 6) is 0.650. The van der Waals surface area contributed by atoms with Gasteiger partial charge in [-0.1, -0.05) is 0 Å². The SMILES string of the molecule is CNCc1sc(-c2ccc(OC)cc2)nc1C(F)(F)F. The van der Waals surface area contributed by atoms with Crippen LogP contribution in [0.15, 0.2) is 24.3 Å². The molecule has 0 atom stereocenters. The van der Waals surface area contributed by atoms with Crippen LogP contribution in [-0.4, -0.2) is 19.1 Å². The monoisotopic (exact) mass is 302 g/mol. The second kappa shape index (κ2) is 5.80. The fourth-order valence-electron chi connectivity index (χ4n) is 1.71. The lowest BCUT2D eigenvalue weighted by Gasteiger charge is -2.04. The van der Waals surface area contributed by atoms with Crippen molar-refractivity contribution in [1.82, 2.24) is 10.3 Å². The largest absolute Gasteiger partial charge is 0.497 e. The summed E-state index contributed by atoms with van der Waals surface area (Å²) in [6.07, 6.45) is -4.44. The molecule has 3 nitrogen and oxygen atoms in total. The average molecular weight is 302 g/mol. The first kappa shape index (κ1) is 14.8. The Morgan fingerprint density at radius 1 is 1.25 bits per heavy atom. The number of hydrogen-bond acceptors (Lipinski definition) is 4. The van der Waals surface area contributed by atoms with Crippen LogP contribution in [0.3, 0.4) is 0 Å². The Morgan fingerprint density at radius 3 is 2.40 bits per heavy atom. The Hall–Kier alpha value is -1.60. The molecular weight excluding hydrogens is 289 g/mol. The minimum Gasteiger partial charge on any atom is -0.497 e. The summed E-state index contributed by atoms with van der Waals surface area (Å²) in [6.45, 7) is 0.142. The number of nitrogens with one attached hydrogen (secondary N) is 1. The maximum atomic E-state index is 12.9. The molecule has 1 aromatic carbocycles. The van der Waals surface area contributed by atoms with Gasteiger partial charge in [0.15, 0.2) is 5.69 Å². The molecule has 2 rings (SSSR count). The first-order valence-corrected chi connectivity index (χ1v) is 6.63. The van der Waals surface area contributed by atoms with E-state index < -0.39 is 11.9 Å². The zero-order valence-corrected chi connectivity index (χ0v) is 11.7. The summed E-state index contributed by atoms with van der Waals surface area (Å²) in [4.78, 5) is 3.92. The lowest BCUT2D eigenvalue weighted by atomic mass is 10.2. The number of benzene rings is 1. The zero-order valence-electron chi connectivity index (χ0n) is 10.9. The minimum atomic E-state index is -4.44. The highest BCUT2D eigenvalue weighted by Gasteiger charge is 2.37. The van der Waals surface area contributed by atoms with E-state index in [-0.39, 0.29) is 11.4 Å². The average Bonchev–Trinajstić information content (AvgIpc) is 2.83. The number of methoxy groups -OCH3 is 1. The summed E-state index contributed by atoms with van der Waals surface area (Å²) in [5, 5.41) is 3.08. The van der Waals surface area contributed by atoms with E-state index in [0.29, 0.717) is 16.3 Å². The molecule has 0 bridgehead atoms. The number of thiazole rings is 1. The smallest absolute Gasteiger partial charge is 0.434 e. The van der Waals surface area contributed by atoms with Crippen LogP contribution in [0.5, 0.6) is 5.75 Å². The maximum Gasteiger partial charge on any atom is 0.434 e. The number of halogens is 3. The predicted molar refractivity (Wildman–Crippen MR) is 71.9 cm³/mol. The fourth-order valence-corrected chi connectivity index (χ4v) is 2.81. The van der Waals surface area contributed by atoms with Crippen LogP contribution >= 0.6 is 11.3 Å². The van der Waals surface area contributed by atoms with Gasteiger partial charge in [0.25, 0.3) is 0 Å². The molecule has 0 saturated heterocycles. The number of nitrogens with zero attached hydrogens (tertiary/aromatic N) is 1. The zero-order chi connectivity index (χ0) is 14.8. The van der Waals surface area contributed by atoms with Crippen molar-refractivity contribution in [2.24, 2.45) is 0 Å². The predicted octanol–water partition coefficient (Wildman–Crippen LogP) is 3.56. The van der Waals surface area contributed by atoms with Crippen molar-refractivity contribution in [3.8, 4) is 16.3 Å². The van der Waals surface area contributed by atoms with E-state index in [4.69, 9.17) is 4.74 Å². The number of aromatic nitrogens is 1. The van der Waals surface area contributed by atoms with Crippen LogP contribution in [0.1, 0.15) is 10.6 Å². The minimum absolute atomic E-state index is 0.142. The van der Waals surface area contributed by atoms with E-state index in [0.717, 1.165) is 11.3 Å². The van der Waals surface area contributed by atoms with Gasteiger partial charge < -0.3 is 10.1 Å². The first-order valence-electron chi connectivity index (χ1n) is 5.81. The van der Waals surface area contributed by atoms with Gasteiger partial charge in [0.2, 0.25) is 0 Å².